The third-order valence-corrected chi connectivity index (χ3v) is 7.40. The Bertz CT molecular complexity index is 388. The van der Waals surface area contributed by atoms with Gasteiger partial charge in [0.2, 0.25) is 0 Å². The van der Waals surface area contributed by atoms with Gasteiger partial charge in [0, 0.05) is 11.0 Å². The normalized spacial score (nSPS) is 60.2. The van der Waals surface area contributed by atoms with Crippen molar-refractivity contribution in [2.45, 2.75) is 22.6 Å². The van der Waals surface area contributed by atoms with Crippen LogP contribution < -0.4 is 0 Å². The molecule has 0 spiro atoms. The zero-order valence-electron chi connectivity index (χ0n) is 8.54. The average Bonchev–Trinajstić information content (AvgIpc) is 2.63. The van der Waals surface area contributed by atoms with Crippen LogP contribution in [0, 0.1) is 35.5 Å². The van der Waals surface area contributed by atoms with E-state index in [-0.39, 0.29) is 5.38 Å². The van der Waals surface area contributed by atoms with Crippen molar-refractivity contribution in [3.8, 4) is 0 Å². The van der Waals surface area contributed by atoms with Crippen LogP contribution in [0.15, 0.2) is 11.1 Å². The second kappa shape index (κ2) is 3.07. The molecule has 4 aliphatic carbocycles. The molecule has 0 aromatic rings. The van der Waals surface area contributed by atoms with Crippen LogP contribution in [0.4, 0.5) is 0 Å². The zero-order chi connectivity index (χ0) is 11.2. The Morgan fingerprint density at radius 2 is 1.94 bits per heavy atom. The molecule has 0 heterocycles. The molecule has 0 N–H and O–H groups in total. The first-order valence-electron chi connectivity index (χ1n) is 5.91. The van der Waals surface area contributed by atoms with E-state index < -0.39 is 4.33 Å². The molecule has 88 valence electrons. The fraction of sp³-hybridized carbons (Fsp3) is 0.833. The standard InChI is InChI=1S/C12H12Cl4/c13-8-2-4-1-6(11(8)14)5-3-7-10(9(4)5)12(7,15)16/h2,4-7,9-11H,1,3H2/t4-,5+,6-,7-,9-,10+,11+/m1/s1. The lowest BCUT2D eigenvalue weighted by molar-refractivity contribution is 0.309. The smallest absolute Gasteiger partial charge is 0.117 e. The fourth-order valence-corrected chi connectivity index (χ4v) is 6.27. The predicted octanol–water partition coefficient (Wildman–Crippen LogP) is 4.42. The molecular weight excluding hydrogens is 286 g/mol. The van der Waals surface area contributed by atoms with E-state index in [9.17, 15) is 0 Å². The molecule has 0 saturated heterocycles. The Morgan fingerprint density at radius 1 is 1.19 bits per heavy atom. The molecule has 3 saturated carbocycles. The number of allylic oxidation sites excluding steroid dienone is 2. The third kappa shape index (κ3) is 1.11. The monoisotopic (exact) mass is 296 g/mol. The number of hydrogen-bond acceptors (Lipinski definition) is 0. The molecule has 0 amide bonds. The zero-order valence-corrected chi connectivity index (χ0v) is 11.6. The summed E-state index contributed by atoms with van der Waals surface area (Å²) >= 11 is 25.2. The van der Waals surface area contributed by atoms with Gasteiger partial charge < -0.3 is 0 Å². The van der Waals surface area contributed by atoms with Crippen LogP contribution in [0.3, 0.4) is 0 Å². The summed E-state index contributed by atoms with van der Waals surface area (Å²) < 4.78 is -0.444. The van der Waals surface area contributed by atoms with E-state index in [1.54, 1.807) is 0 Å². The average molecular weight is 298 g/mol. The lowest BCUT2D eigenvalue weighted by Gasteiger charge is -2.25. The minimum Gasteiger partial charge on any atom is -0.117 e. The highest BCUT2D eigenvalue weighted by atomic mass is 35.5. The molecule has 0 radical (unpaired) electrons. The second-order valence-electron chi connectivity index (χ2n) is 5.80. The van der Waals surface area contributed by atoms with Gasteiger partial charge in [-0.3, -0.25) is 0 Å². The van der Waals surface area contributed by atoms with Crippen molar-refractivity contribution in [3.63, 3.8) is 0 Å². The van der Waals surface area contributed by atoms with Crippen molar-refractivity contribution in [1.29, 1.82) is 0 Å². The molecule has 4 rings (SSSR count). The van der Waals surface area contributed by atoms with Gasteiger partial charge in [0.15, 0.2) is 0 Å². The summed E-state index contributed by atoms with van der Waals surface area (Å²) in [6, 6.07) is 0. The summed E-state index contributed by atoms with van der Waals surface area (Å²) in [5.74, 6) is 3.50. The van der Waals surface area contributed by atoms with Crippen molar-refractivity contribution < 1.29 is 0 Å². The van der Waals surface area contributed by atoms with Crippen LogP contribution in [0.5, 0.6) is 0 Å². The van der Waals surface area contributed by atoms with E-state index in [0.29, 0.717) is 35.5 Å². The Labute approximate surface area is 115 Å². The summed E-state index contributed by atoms with van der Waals surface area (Å²) in [7, 11) is 0. The van der Waals surface area contributed by atoms with E-state index in [2.05, 4.69) is 6.08 Å². The third-order valence-electron chi connectivity index (χ3n) is 5.30. The van der Waals surface area contributed by atoms with Crippen molar-refractivity contribution >= 4 is 46.4 Å². The maximum Gasteiger partial charge on any atom is 0.125 e. The summed E-state index contributed by atoms with van der Waals surface area (Å²) in [5.41, 5.74) is 0. The Balaban J connectivity index is 1.72. The van der Waals surface area contributed by atoms with Crippen molar-refractivity contribution in [2.75, 3.05) is 0 Å². The lowest BCUT2D eigenvalue weighted by Crippen LogP contribution is -2.23. The molecule has 0 aromatic heterocycles. The van der Waals surface area contributed by atoms with Gasteiger partial charge in [-0.1, -0.05) is 17.7 Å². The van der Waals surface area contributed by atoms with Crippen LogP contribution in [0.25, 0.3) is 0 Å². The molecule has 7 atom stereocenters. The van der Waals surface area contributed by atoms with Gasteiger partial charge in [0.1, 0.15) is 4.33 Å². The fourth-order valence-electron chi connectivity index (χ4n) is 4.67. The molecule has 0 aromatic carbocycles. The summed E-state index contributed by atoms with van der Waals surface area (Å²) in [6.07, 6.45) is 4.52. The van der Waals surface area contributed by atoms with E-state index in [1.165, 1.54) is 6.42 Å². The van der Waals surface area contributed by atoms with Crippen molar-refractivity contribution in [2.24, 2.45) is 35.5 Å². The highest BCUT2D eigenvalue weighted by Crippen LogP contribution is 2.76. The van der Waals surface area contributed by atoms with Crippen LogP contribution in [-0.2, 0) is 0 Å². The Morgan fingerprint density at radius 3 is 2.69 bits per heavy atom. The molecular formula is C12H12Cl4. The Kier molecular flexibility index (Phi) is 2.07. The molecule has 4 aliphatic rings. The number of fused-ring (bicyclic) bond motifs is 7. The van der Waals surface area contributed by atoms with Crippen LogP contribution >= 0.6 is 46.4 Å². The first kappa shape index (κ1) is 10.8. The molecule has 4 heteroatoms. The van der Waals surface area contributed by atoms with Gasteiger partial charge in [-0.25, -0.2) is 0 Å². The SMILES string of the molecule is ClC1=C[C@H]2C[C@H]([C@@H]3C[C@@H]4[C@@H]([C@@H]32)C4(Cl)Cl)[C@@H]1Cl. The summed E-state index contributed by atoms with van der Waals surface area (Å²) in [4.78, 5) is 0. The quantitative estimate of drug-likeness (QED) is 0.581. The lowest BCUT2D eigenvalue weighted by atomic mass is 9.86. The first-order chi connectivity index (χ1) is 7.51. The minimum atomic E-state index is -0.444. The van der Waals surface area contributed by atoms with Crippen LogP contribution in [0.1, 0.15) is 12.8 Å². The molecule has 2 bridgehead atoms. The molecule has 16 heavy (non-hydrogen) atoms. The molecule has 0 nitrogen and oxygen atoms in total. The molecule has 0 aliphatic heterocycles. The van der Waals surface area contributed by atoms with E-state index in [4.69, 9.17) is 46.4 Å². The maximum absolute atomic E-state index is 6.39. The highest BCUT2D eigenvalue weighted by Gasteiger charge is 2.75. The second-order valence-corrected chi connectivity index (χ2v) is 8.15. The molecule has 0 unspecified atom stereocenters. The number of rotatable bonds is 0. The van der Waals surface area contributed by atoms with Gasteiger partial charge >= 0.3 is 0 Å². The van der Waals surface area contributed by atoms with Crippen LogP contribution in [-0.4, -0.2) is 9.71 Å². The minimum absolute atomic E-state index is 0.0328. The van der Waals surface area contributed by atoms with Gasteiger partial charge in [0.25, 0.3) is 0 Å². The van der Waals surface area contributed by atoms with E-state index in [0.717, 1.165) is 11.5 Å². The number of hydrogen-bond donors (Lipinski definition) is 0. The van der Waals surface area contributed by atoms with E-state index >= 15 is 0 Å². The first-order valence-corrected chi connectivity index (χ1v) is 7.48. The predicted molar refractivity (Wildman–Crippen MR) is 68.2 cm³/mol. The Hall–Kier alpha value is 0.900. The number of halogens is 4. The topological polar surface area (TPSA) is 0 Å². The van der Waals surface area contributed by atoms with Gasteiger partial charge in [-0.05, 0) is 42.4 Å². The molecule has 3 fully saturated rings. The van der Waals surface area contributed by atoms with E-state index in [1.807, 2.05) is 0 Å². The maximum atomic E-state index is 6.39. The van der Waals surface area contributed by atoms with Crippen LogP contribution in [0.2, 0.25) is 0 Å². The summed E-state index contributed by atoms with van der Waals surface area (Å²) in [5, 5.41) is 0.884. The van der Waals surface area contributed by atoms with Gasteiger partial charge in [0.05, 0.1) is 5.38 Å². The highest BCUT2D eigenvalue weighted by molar-refractivity contribution is 6.51. The number of alkyl halides is 3. The van der Waals surface area contributed by atoms with Crippen molar-refractivity contribution in [1.82, 2.24) is 0 Å². The van der Waals surface area contributed by atoms with Gasteiger partial charge in [-0.2, -0.15) is 0 Å². The van der Waals surface area contributed by atoms with Crippen molar-refractivity contribution in [3.05, 3.63) is 11.1 Å². The largest absolute Gasteiger partial charge is 0.125 e. The van der Waals surface area contributed by atoms with Gasteiger partial charge in [-0.15, -0.1) is 34.8 Å². The summed E-state index contributed by atoms with van der Waals surface area (Å²) in [6.45, 7) is 0.